The monoisotopic (exact) mass is 507 g/mol. The maximum absolute atomic E-state index is 13.3. The van der Waals surface area contributed by atoms with Crippen LogP contribution in [0.1, 0.15) is 28.2 Å². The number of benzene rings is 4. The number of aromatic hydroxyl groups is 1. The van der Waals surface area contributed by atoms with Gasteiger partial charge in [0.15, 0.2) is 10.7 Å². The molecular formula is C30H25N3O3S. The topological polar surface area (TPSA) is 87.4 Å². The molecule has 0 aliphatic heterocycles. The summed E-state index contributed by atoms with van der Waals surface area (Å²) in [5.41, 5.74) is 6.21. The second kappa shape index (κ2) is 10.2. The quantitative estimate of drug-likeness (QED) is 0.237. The van der Waals surface area contributed by atoms with Crippen molar-refractivity contribution >= 4 is 40.0 Å². The molecule has 0 saturated carbocycles. The number of thiocarbonyl (C=S) groups is 1. The molecule has 37 heavy (non-hydrogen) atoms. The first-order valence-electron chi connectivity index (χ1n) is 11.8. The van der Waals surface area contributed by atoms with Gasteiger partial charge in [0.05, 0.1) is 11.5 Å². The number of nitrogens with one attached hydrogen (secondary N) is 2. The number of nitrogens with zero attached hydrogens (tertiary/aromatic N) is 1. The van der Waals surface area contributed by atoms with Crippen molar-refractivity contribution in [1.82, 2.24) is 10.3 Å². The van der Waals surface area contributed by atoms with Crippen LogP contribution >= 0.6 is 12.2 Å². The average molecular weight is 508 g/mol. The molecule has 184 valence electrons. The molecule has 7 heteroatoms. The molecule has 0 aliphatic rings. The number of carbonyl (C=O) groups is 1. The number of oxazole rings is 1. The Morgan fingerprint density at radius 3 is 2.19 bits per heavy atom. The van der Waals surface area contributed by atoms with Crippen LogP contribution in [0.5, 0.6) is 5.75 Å². The van der Waals surface area contributed by atoms with Gasteiger partial charge in [0.1, 0.15) is 11.3 Å². The molecule has 1 amide bonds. The Kier molecular flexibility index (Phi) is 6.70. The molecule has 0 atom stereocenters. The lowest BCUT2D eigenvalue weighted by Gasteiger charge is -2.19. The normalized spacial score (nSPS) is 11.0. The van der Waals surface area contributed by atoms with E-state index in [0.717, 1.165) is 27.8 Å². The molecule has 1 heterocycles. The smallest absolute Gasteiger partial charge is 0.238 e. The Morgan fingerprint density at radius 1 is 0.919 bits per heavy atom. The van der Waals surface area contributed by atoms with E-state index in [2.05, 4.69) is 15.6 Å². The largest absolute Gasteiger partial charge is 0.507 e. The maximum Gasteiger partial charge on any atom is 0.238 e. The molecule has 4 aromatic carbocycles. The molecule has 0 radical (unpaired) electrons. The summed E-state index contributed by atoms with van der Waals surface area (Å²) in [4.78, 5) is 17.8. The summed E-state index contributed by atoms with van der Waals surface area (Å²) in [5, 5.41) is 16.6. The van der Waals surface area contributed by atoms with Gasteiger partial charge in [-0.25, -0.2) is 4.98 Å². The number of anilines is 1. The van der Waals surface area contributed by atoms with Gasteiger partial charge < -0.3 is 20.2 Å². The third-order valence-electron chi connectivity index (χ3n) is 6.07. The van der Waals surface area contributed by atoms with Gasteiger partial charge in [-0.1, -0.05) is 66.7 Å². The van der Waals surface area contributed by atoms with Crippen LogP contribution in [0.4, 0.5) is 5.69 Å². The van der Waals surface area contributed by atoms with Gasteiger partial charge in [-0.2, -0.15) is 0 Å². The highest BCUT2D eigenvalue weighted by Gasteiger charge is 2.23. The van der Waals surface area contributed by atoms with Crippen LogP contribution < -0.4 is 10.6 Å². The Morgan fingerprint density at radius 2 is 1.57 bits per heavy atom. The van der Waals surface area contributed by atoms with Gasteiger partial charge >= 0.3 is 0 Å². The van der Waals surface area contributed by atoms with Gasteiger partial charge in [0.2, 0.25) is 11.8 Å². The number of phenols is 1. The van der Waals surface area contributed by atoms with E-state index in [9.17, 15) is 9.90 Å². The summed E-state index contributed by atoms with van der Waals surface area (Å²) in [7, 11) is 0. The van der Waals surface area contributed by atoms with E-state index in [1.807, 2.05) is 86.6 Å². The summed E-state index contributed by atoms with van der Waals surface area (Å²) in [5.74, 6) is -0.472. The van der Waals surface area contributed by atoms with Crippen LogP contribution in [-0.2, 0) is 4.79 Å². The summed E-state index contributed by atoms with van der Waals surface area (Å²) in [6.07, 6.45) is 0. The number of amides is 1. The molecule has 0 unspecified atom stereocenters. The number of hydrogen-bond donors (Lipinski definition) is 3. The lowest BCUT2D eigenvalue weighted by Crippen LogP contribution is -2.37. The summed E-state index contributed by atoms with van der Waals surface area (Å²) in [6.45, 7) is 3.97. The van der Waals surface area contributed by atoms with Gasteiger partial charge in [-0.05, 0) is 66.5 Å². The Hall–Kier alpha value is -4.49. The zero-order valence-corrected chi connectivity index (χ0v) is 21.2. The predicted octanol–water partition coefficient (Wildman–Crippen LogP) is 6.46. The molecule has 0 bridgehead atoms. The van der Waals surface area contributed by atoms with Crippen LogP contribution in [0.25, 0.3) is 22.6 Å². The number of carbonyl (C=O) groups excluding carboxylic acids is 1. The van der Waals surface area contributed by atoms with Crippen molar-refractivity contribution in [2.75, 3.05) is 5.32 Å². The van der Waals surface area contributed by atoms with E-state index in [0.29, 0.717) is 22.7 Å². The van der Waals surface area contributed by atoms with E-state index in [1.54, 1.807) is 12.1 Å². The van der Waals surface area contributed by atoms with E-state index < -0.39 is 5.92 Å². The lowest BCUT2D eigenvalue weighted by atomic mass is 9.90. The minimum Gasteiger partial charge on any atom is -0.507 e. The number of phenolic OH excluding ortho intramolecular Hbond substituents is 1. The van der Waals surface area contributed by atoms with Crippen molar-refractivity contribution in [3.63, 3.8) is 0 Å². The van der Waals surface area contributed by atoms with Crippen molar-refractivity contribution in [3.05, 3.63) is 113 Å². The van der Waals surface area contributed by atoms with Crippen molar-refractivity contribution in [2.45, 2.75) is 19.8 Å². The van der Waals surface area contributed by atoms with Gasteiger partial charge in [0, 0.05) is 11.8 Å². The summed E-state index contributed by atoms with van der Waals surface area (Å²) < 4.78 is 5.93. The van der Waals surface area contributed by atoms with Gasteiger partial charge in [-0.3, -0.25) is 4.79 Å². The van der Waals surface area contributed by atoms with Crippen molar-refractivity contribution in [3.8, 4) is 17.2 Å². The molecular weight excluding hydrogens is 482 g/mol. The second-order valence-corrected chi connectivity index (χ2v) is 9.29. The van der Waals surface area contributed by atoms with Crippen molar-refractivity contribution < 1.29 is 14.3 Å². The standard InChI is InChI=1S/C30H25N3O3S/c1-18-15-19(2)27-24(16-18)32-29(36-27)23-14-13-22(17-25(23)34)31-30(37)33-28(35)26(20-9-5-3-6-10-20)21-11-7-4-8-12-21/h3-17,26,34H,1-2H3,(H2,31,33,35,37). The van der Waals surface area contributed by atoms with Crippen LogP contribution in [-0.4, -0.2) is 21.1 Å². The minimum absolute atomic E-state index is 0.0218. The van der Waals surface area contributed by atoms with Crippen LogP contribution in [0, 0.1) is 13.8 Å². The average Bonchev–Trinajstić information content (AvgIpc) is 3.29. The van der Waals surface area contributed by atoms with Gasteiger partial charge in [0.25, 0.3) is 0 Å². The van der Waals surface area contributed by atoms with Crippen LogP contribution in [0.3, 0.4) is 0 Å². The summed E-state index contributed by atoms with van der Waals surface area (Å²) >= 11 is 5.42. The lowest BCUT2D eigenvalue weighted by molar-refractivity contribution is -0.120. The predicted molar refractivity (Wildman–Crippen MR) is 150 cm³/mol. The SMILES string of the molecule is Cc1cc(C)c2oc(-c3ccc(NC(=S)NC(=O)C(c4ccccc4)c4ccccc4)cc3O)nc2c1. The van der Waals surface area contributed by atoms with Crippen LogP contribution in [0.15, 0.2) is 95.4 Å². The van der Waals surface area contributed by atoms with Crippen molar-refractivity contribution in [1.29, 1.82) is 0 Å². The zero-order valence-electron chi connectivity index (χ0n) is 20.4. The molecule has 0 spiro atoms. The number of aryl methyl sites for hydroxylation is 2. The summed E-state index contributed by atoms with van der Waals surface area (Å²) in [6, 6.07) is 28.0. The van der Waals surface area contributed by atoms with Crippen molar-refractivity contribution in [2.24, 2.45) is 0 Å². The molecule has 1 aromatic heterocycles. The first-order chi connectivity index (χ1) is 17.9. The fourth-order valence-electron chi connectivity index (χ4n) is 4.41. The number of hydrogen-bond acceptors (Lipinski definition) is 5. The highest BCUT2D eigenvalue weighted by Crippen LogP contribution is 2.34. The first-order valence-corrected chi connectivity index (χ1v) is 12.2. The fraction of sp³-hybridized carbons (Fsp3) is 0.100. The van der Waals surface area contributed by atoms with E-state index in [-0.39, 0.29) is 16.8 Å². The molecule has 0 saturated heterocycles. The third kappa shape index (κ3) is 5.22. The Labute approximate surface area is 220 Å². The molecule has 3 N–H and O–H groups in total. The molecule has 0 fully saturated rings. The molecule has 5 aromatic rings. The Bertz CT molecular complexity index is 1560. The zero-order chi connectivity index (χ0) is 25.9. The third-order valence-corrected chi connectivity index (χ3v) is 6.27. The molecule has 0 aliphatic carbocycles. The highest BCUT2D eigenvalue weighted by atomic mass is 32.1. The van der Waals surface area contributed by atoms with E-state index in [4.69, 9.17) is 16.6 Å². The van der Waals surface area contributed by atoms with E-state index in [1.165, 1.54) is 6.07 Å². The maximum atomic E-state index is 13.3. The number of fused-ring (bicyclic) bond motifs is 1. The molecule has 6 nitrogen and oxygen atoms in total. The number of aromatic nitrogens is 1. The first kappa shape index (κ1) is 24.2. The second-order valence-electron chi connectivity index (χ2n) is 8.88. The number of rotatable bonds is 5. The Balaban J connectivity index is 1.33. The fourth-order valence-corrected chi connectivity index (χ4v) is 4.63. The van der Waals surface area contributed by atoms with Gasteiger partial charge in [-0.15, -0.1) is 0 Å². The minimum atomic E-state index is -0.524. The van der Waals surface area contributed by atoms with Crippen LogP contribution in [0.2, 0.25) is 0 Å². The molecule has 5 rings (SSSR count). The van der Waals surface area contributed by atoms with E-state index >= 15 is 0 Å². The highest BCUT2D eigenvalue weighted by molar-refractivity contribution is 7.80.